The number of sulfonamides is 1. The Morgan fingerprint density at radius 3 is 2.27 bits per heavy atom. The van der Waals surface area contributed by atoms with Gasteiger partial charge in [0.1, 0.15) is 5.69 Å². The summed E-state index contributed by atoms with van der Waals surface area (Å²) in [6.45, 7) is 9.67. The van der Waals surface area contributed by atoms with E-state index in [0.717, 1.165) is 22.1 Å². The van der Waals surface area contributed by atoms with Crippen LogP contribution in [0.5, 0.6) is 0 Å². The maximum atomic E-state index is 12.6. The van der Waals surface area contributed by atoms with Gasteiger partial charge in [-0.05, 0) is 73.2 Å². The molecule has 0 aliphatic carbocycles. The number of benzene rings is 2. The number of hydrogen-bond acceptors (Lipinski definition) is 4. The number of nitrogens with one attached hydrogen (secondary N) is 1. The molecule has 0 aliphatic rings. The molecule has 174 valence electrons. The molecular formula is C26H31N3O3S. The van der Waals surface area contributed by atoms with Crippen molar-refractivity contribution in [1.29, 1.82) is 0 Å². The van der Waals surface area contributed by atoms with Crippen LogP contribution in [0.3, 0.4) is 0 Å². The summed E-state index contributed by atoms with van der Waals surface area (Å²) in [5.74, 6) is 0. The van der Waals surface area contributed by atoms with Gasteiger partial charge in [0.25, 0.3) is 15.6 Å². The standard InChI is InChI=1S/C26H31N3O3S/c1-8-33(31,32)27-22-10-9-20(13-23-18(3)11-17(2)12-19(23)4)24(15-22)21-14-25(28(5)6)26(30)29(7)16-21/h8-12,14-16,27H,1,13H2,2-7H3. The number of aryl methyl sites for hydroxylation is 4. The number of nitrogens with zero attached hydrogens (tertiary/aromatic N) is 2. The van der Waals surface area contributed by atoms with Gasteiger partial charge in [0.15, 0.2) is 0 Å². The summed E-state index contributed by atoms with van der Waals surface area (Å²) in [5, 5.41) is 0.885. The minimum atomic E-state index is -3.65. The molecule has 0 saturated heterocycles. The Hall–Kier alpha value is -3.32. The molecule has 0 fully saturated rings. The van der Waals surface area contributed by atoms with Crippen LogP contribution < -0.4 is 15.2 Å². The summed E-state index contributed by atoms with van der Waals surface area (Å²) in [5.41, 5.74) is 8.50. The predicted octanol–water partition coefficient (Wildman–Crippen LogP) is 4.52. The molecule has 0 atom stereocenters. The van der Waals surface area contributed by atoms with E-state index in [-0.39, 0.29) is 5.56 Å². The van der Waals surface area contributed by atoms with Crippen molar-refractivity contribution in [2.75, 3.05) is 23.7 Å². The fourth-order valence-corrected chi connectivity index (χ4v) is 4.65. The fourth-order valence-electron chi connectivity index (χ4n) is 4.11. The van der Waals surface area contributed by atoms with Crippen molar-refractivity contribution in [3.8, 4) is 11.1 Å². The second-order valence-electron chi connectivity index (χ2n) is 8.66. The molecule has 6 nitrogen and oxygen atoms in total. The highest BCUT2D eigenvalue weighted by molar-refractivity contribution is 7.95. The highest BCUT2D eigenvalue weighted by atomic mass is 32.2. The molecule has 0 unspecified atom stereocenters. The summed E-state index contributed by atoms with van der Waals surface area (Å²) in [6.07, 6.45) is 2.47. The molecular weight excluding hydrogens is 434 g/mol. The van der Waals surface area contributed by atoms with Gasteiger partial charge in [-0.2, -0.15) is 0 Å². The van der Waals surface area contributed by atoms with Crippen molar-refractivity contribution in [2.24, 2.45) is 7.05 Å². The Balaban J connectivity index is 2.23. The summed E-state index contributed by atoms with van der Waals surface area (Å²) < 4.78 is 28.2. The Morgan fingerprint density at radius 1 is 1.06 bits per heavy atom. The molecule has 1 aromatic heterocycles. The molecule has 1 heterocycles. The van der Waals surface area contributed by atoms with Gasteiger partial charge in [0.2, 0.25) is 0 Å². The first-order chi connectivity index (χ1) is 15.4. The first-order valence-electron chi connectivity index (χ1n) is 10.6. The van der Waals surface area contributed by atoms with Crippen LogP contribution in [0, 0.1) is 20.8 Å². The Labute approximate surface area is 196 Å². The minimum absolute atomic E-state index is 0.0981. The average Bonchev–Trinajstić information content (AvgIpc) is 2.72. The molecule has 7 heteroatoms. The van der Waals surface area contributed by atoms with Gasteiger partial charge in [-0.25, -0.2) is 8.42 Å². The second-order valence-corrected chi connectivity index (χ2v) is 10.3. The number of anilines is 2. The Bertz CT molecular complexity index is 1360. The van der Waals surface area contributed by atoms with Crippen molar-refractivity contribution in [2.45, 2.75) is 27.2 Å². The van der Waals surface area contributed by atoms with Crippen LogP contribution in [0.15, 0.2) is 59.4 Å². The molecule has 2 aromatic carbocycles. The molecule has 0 amide bonds. The third kappa shape index (κ3) is 5.37. The lowest BCUT2D eigenvalue weighted by Gasteiger charge is -2.19. The summed E-state index contributed by atoms with van der Waals surface area (Å²) in [7, 11) is 1.73. The normalized spacial score (nSPS) is 11.3. The lowest BCUT2D eigenvalue weighted by Crippen LogP contribution is -2.25. The third-order valence-corrected chi connectivity index (χ3v) is 6.71. The zero-order valence-electron chi connectivity index (χ0n) is 20.1. The van der Waals surface area contributed by atoms with Crippen LogP contribution in [0.1, 0.15) is 27.8 Å². The molecule has 0 spiro atoms. The van der Waals surface area contributed by atoms with Gasteiger partial charge >= 0.3 is 0 Å². The number of rotatable bonds is 7. The average molecular weight is 466 g/mol. The number of aromatic nitrogens is 1. The van der Waals surface area contributed by atoms with E-state index in [1.54, 1.807) is 28.8 Å². The fraction of sp³-hybridized carbons (Fsp3) is 0.269. The van der Waals surface area contributed by atoms with Crippen LogP contribution in [0.25, 0.3) is 11.1 Å². The summed E-state index contributed by atoms with van der Waals surface area (Å²) in [4.78, 5) is 14.4. The largest absolute Gasteiger partial charge is 0.373 e. The highest BCUT2D eigenvalue weighted by Gasteiger charge is 2.15. The first-order valence-corrected chi connectivity index (χ1v) is 12.2. The first kappa shape index (κ1) is 24.3. The second kappa shape index (κ2) is 9.27. The molecule has 3 rings (SSSR count). The molecule has 1 N–H and O–H groups in total. The maximum absolute atomic E-state index is 12.6. The smallest absolute Gasteiger partial charge is 0.273 e. The van der Waals surface area contributed by atoms with Gasteiger partial charge in [0.05, 0.1) is 0 Å². The quantitative estimate of drug-likeness (QED) is 0.557. The van der Waals surface area contributed by atoms with Gasteiger partial charge in [-0.3, -0.25) is 9.52 Å². The van der Waals surface area contributed by atoms with E-state index in [1.807, 2.05) is 32.3 Å². The predicted molar refractivity (Wildman–Crippen MR) is 138 cm³/mol. The van der Waals surface area contributed by atoms with E-state index in [9.17, 15) is 13.2 Å². The highest BCUT2D eigenvalue weighted by Crippen LogP contribution is 2.32. The summed E-state index contributed by atoms with van der Waals surface area (Å²) in [6, 6.07) is 11.7. The monoisotopic (exact) mass is 465 g/mol. The van der Waals surface area contributed by atoms with E-state index in [2.05, 4.69) is 44.2 Å². The van der Waals surface area contributed by atoms with E-state index in [1.165, 1.54) is 22.3 Å². The van der Waals surface area contributed by atoms with E-state index < -0.39 is 10.0 Å². The molecule has 3 aromatic rings. The maximum Gasteiger partial charge on any atom is 0.273 e. The van der Waals surface area contributed by atoms with Gasteiger partial charge in [0, 0.05) is 44.0 Å². The van der Waals surface area contributed by atoms with Crippen LogP contribution in [0.4, 0.5) is 11.4 Å². The van der Waals surface area contributed by atoms with Crippen molar-refractivity contribution < 1.29 is 8.42 Å². The van der Waals surface area contributed by atoms with Crippen molar-refractivity contribution in [3.05, 3.63) is 92.8 Å². The molecule has 0 radical (unpaired) electrons. The lowest BCUT2D eigenvalue weighted by molar-refractivity contribution is 0.609. The van der Waals surface area contributed by atoms with Crippen LogP contribution in [0.2, 0.25) is 0 Å². The summed E-state index contributed by atoms with van der Waals surface area (Å²) >= 11 is 0. The zero-order valence-corrected chi connectivity index (χ0v) is 20.9. The van der Waals surface area contributed by atoms with Gasteiger partial charge < -0.3 is 9.47 Å². The van der Waals surface area contributed by atoms with Gasteiger partial charge in [-0.15, -0.1) is 0 Å². The molecule has 0 bridgehead atoms. The third-order valence-electron chi connectivity index (χ3n) is 5.75. The topological polar surface area (TPSA) is 71.4 Å². The lowest BCUT2D eigenvalue weighted by atomic mass is 9.90. The number of hydrogen-bond donors (Lipinski definition) is 1. The zero-order chi connectivity index (χ0) is 24.5. The van der Waals surface area contributed by atoms with Crippen molar-refractivity contribution in [3.63, 3.8) is 0 Å². The van der Waals surface area contributed by atoms with Crippen LogP contribution in [-0.4, -0.2) is 27.1 Å². The van der Waals surface area contributed by atoms with Crippen molar-refractivity contribution in [1.82, 2.24) is 4.57 Å². The molecule has 0 aliphatic heterocycles. The minimum Gasteiger partial charge on any atom is -0.373 e. The van der Waals surface area contributed by atoms with Crippen molar-refractivity contribution >= 4 is 21.4 Å². The van der Waals surface area contributed by atoms with E-state index in [4.69, 9.17) is 0 Å². The van der Waals surface area contributed by atoms with Gasteiger partial charge in [-0.1, -0.05) is 30.3 Å². The van der Waals surface area contributed by atoms with E-state index in [0.29, 0.717) is 17.8 Å². The Morgan fingerprint density at radius 2 is 1.70 bits per heavy atom. The van der Waals surface area contributed by atoms with Crippen LogP contribution >= 0.6 is 0 Å². The SMILES string of the molecule is C=CS(=O)(=O)Nc1ccc(Cc2c(C)cc(C)cc2C)c(-c2cc(N(C)C)c(=O)n(C)c2)c1. The Kier molecular flexibility index (Phi) is 6.84. The molecule has 0 saturated carbocycles. The number of pyridine rings is 1. The van der Waals surface area contributed by atoms with E-state index >= 15 is 0 Å². The van der Waals surface area contributed by atoms with Crippen LogP contribution in [-0.2, 0) is 23.5 Å². The molecule has 33 heavy (non-hydrogen) atoms.